The minimum absolute atomic E-state index is 0.440. The highest BCUT2D eigenvalue weighted by Gasteiger charge is 2.60. The highest BCUT2D eigenvalue weighted by atomic mass is 16.5. The van der Waals surface area contributed by atoms with Gasteiger partial charge < -0.3 is 9.47 Å². The molecule has 3 heterocycles. The van der Waals surface area contributed by atoms with Crippen molar-refractivity contribution in [2.45, 2.75) is 317 Å². The number of hydrogen-bond acceptors (Lipinski definition) is 5. The zero-order valence-electron chi connectivity index (χ0n) is 40.4. The fourth-order valence-corrected chi connectivity index (χ4v) is 20.0. The first kappa shape index (κ1) is 43.1. The summed E-state index contributed by atoms with van der Waals surface area (Å²) in [5.41, 5.74) is 0.440. The van der Waals surface area contributed by atoms with Gasteiger partial charge in [0, 0.05) is 54.4 Å². The third-order valence-electron chi connectivity index (χ3n) is 22.9. The minimum atomic E-state index is 0.440. The van der Waals surface area contributed by atoms with Crippen LogP contribution in [0.5, 0.6) is 0 Å². The van der Waals surface area contributed by atoms with E-state index in [0.29, 0.717) is 41.9 Å². The monoisotopic (exact) mass is 854 g/mol. The Bertz CT molecular complexity index is 1390. The topological polar surface area (TPSA) is 28.2 Å². The molecule has 12 aliphatic rings. The van der Waals surface area contributed by atoms with Crippen molar-refractivity contribution in [3.05, 3.63) is 0 Å². The molecule has 5 nitrogen and oxygen atoms in total. The SMILES string of the molecule is CC1(C)C2CC(C3CCC4C(C3)OC3CCCCC3N4C3CCCCC3)CCC2N(C2CCCCC2)C2CCC(C3CCC4C(C3)OC3CCCCC3N4C3CCCCC3)CC21. The number of ether oxygens (including phenoxy) is 2. The normalized spacial score (nSPS) is 49.1. The quantitative estimate of drug-likeness (QED) is 0.275. The Labute approximate surface area is 381 Å². The molecule has 9 aliphatic carbocycles. The summed E-state index contributed by atoms with van der Waals surface area (Å²) in [6.45, 7) is 5.70. The van der Waals surface area contributed by atoms with E-state index in [2.05, 4.69) is 28.5 Å². The van der Waals surface area contributed by atoms with E-state index in [4.69, 9.17) is 9.47 Å². The van der Waals surface area contributed by atoms with Crippen LogP contribution in [0.3, 0.4) is 0 Å². The van der Waals surface area contributed by atoms with Crippen LogP contribution in [-0.4, -0.2) is 93.5 Å². The summed E-state index contributed by atoms with van der Waals surface area (Å²) in [6, 6.07) is 7.14. The van der Waals surface area contributed by atoms with E-state index in [1.807, 2.05) is 0 Å². The zero-order chi connectivity index (χ0) is 41.4. The Morgan fingerprint density at radius 2 is 0.597 bits per heavy atom. The van der Waals surface area contributed by atoms with Crippen molar-refractivity contribution in [1.29, 1.82) is 0 Å². The van der Waals surface area contributed by atoms with Gasteiger partial charge in [-0.2, -0.15) is 0 Å². The smallest absolute Gasteiger partial charge is 0.0737 e. The van der Waals surface area contributed by atoms with Gasteiger partial charge in [0.15, 0.2) is 0 Å². The summed E-state index contributed by atoms with van der Waals surface area (Å²) < 4.78 is 14.7. The molecule has 9 saturated carbocycles. The molecule has 5 heteroatoms. The summed E-state index contributed by atoms with van der Waals surface area (Å²) in [7, 11) is 0. The van der Waals surface area contributed by atoms with Crippen molar-refractivity contribution in [1.82, 2.24) is 14.7 Å². The van der Waals surface area contributed by atoms with Crippen molar-refractivity contribution in [3.63, 3.8) is 0 Å². The summed E-state index contributed by atoms with van der Waals surface area (Å²) in [5.74, 6) is 5.38. The lowest BCUT2D eigenvalue weighted by Crippen LogP contribution is -2.68. The molecule has 3 aliphatic heterocycles. The number of nitrogens with zero attached hydrogens (tertiary/aromatic N) is 3. The standard InChI is InChI=1S/C57H95N3O2/c1-57(2)45-34-38(40-28-32-51-55(36-40)61-53-24-14-12-22-49(53)59(51)43-18-8-4-9-19-43)26-30-47(45)58(42-16-6-3-7-17-42)48-31-27-39(35-46(48)57)41-29-33-52-56(37-41)62-54-25-15-13-23-50(54)60(52)44-20-10-5-11-21-44/h38-56H,3-37H2,1-2H3. The van der Waals surface area contributed by atoms with Crippen molar-refractivity contribution in [3.8, 4) is 0 Å². The maximum Gasteiger partial charge on any atom is 0.0737 e. The number of piperidine rings is 1. The van der Waals surface area contributed by atoms with Gasteiger partial charge >= 0.3 is 0 Å². The van der Waals surface area contributed by atoms with Gasteiger partial charge in [-0.3, -0.25) is 14.7 Å². The molecule has 3 saturated heterocycles. The number of likely N-dealkylation sites (tertiary alicyclic amines) is 1. The molecule has 12 rings (SSSR count). The summed E-state index contributed by atoms with van der Waals surface area (Å²) in [4.78, 5) is 9.73. The van der Waals surface area contributed by atoms with Crippen LogP contribution in [0.2, 0.25) is 0 Å². The third kappa shape index (κ3) is 7.90. The van der Waals surface area contributed by atoms with Crippen LogP contribution in [0.25, 0.3) is 0 Å². The van der Waals surface area contributed by atoms with E-state index in [9.17, 15) is 0 Å². The van der Waals surface area contributed by atoms with E-state index in [-0.39, 0.29) is 0 Å². The molecule has 0 bridgehead atoms. The van der Waals surface area contributed by atoms with Crippen LogP contribution in [0.4, 0.5) is 0 Å². The largest absolute Gasteiger partial charge is 0.372 e. The molecule has 62 heavy (non-hydrogen) atoms. The van der Waals surface area contributed by atoms with Gasteiger partial charge in [-0.1, -0.05) is 97.3 Å². The zero-order valence-corrected chi connectivity index (χ0v) is 40.4. The van der Waals surface area contributed by atoms with E-state index in [0.717, 1.165) is 77.8 Å². The molecule has 0 aromatic rings. The van der Waals surface area contributed by atoms with E-state index >= 15 is 0 Å². The van der Waals surface area contributed by atoms with E-state index in [1.165, 1.54) is 225 Å². The predicted octanol–water partition coefficient (Wildman–Crippen LogP) is 13.3. The van der Waals surface area contributed by atoms with Gasteiger partial charge in [-0.05, 0) is 182 Å². The van der Waals surface area contributed by atoms with Crippen LogP contribution >= 0.6 is 0 Å². The molecule has 0 aromatic carbocycles. The Kier molecular flexibility index (Phi) is 12.8. The number of hydrogen-bond donors (Lipinski definition) is 0. The van der Waals surface area contributed by atoms with Gasteiger partial charge in [-0.25, -0.2) is 0 Å². The molecular formula is C57H95N3O2. The van der Waals surface area contributed by atoms with Crippen LogP contribution in [0, 0.1) is 40.9 Å². The van der Waals surface area contributed by atoms with Crippen LogP contribution in [-0.2, 0) is 9.47 Å². The van der Waals surface area contributed by atoms with Gasteiger partial charge in [0.2, 0.25) is 0 Å². The second-order valence-corrected chi connectivity index (χ2v) is 25.9. The molecule has 0 N–H and O–H groups in total. The van der Waals surface area contributed by atoms with Crippen molar-refractivity contribution < 1.29 is 9.47 Å². The summed E-state index contributed by atoms with van der Waals surface area (Å²) >= 11 is 0. The van der Waals surface area contributed by atoms with Crippen molar-refractivity contribution in [2.24, 2.45) is 40.9 Å². The molecular weight excluding hydrogens is 759 g/mol. The molecule has 0 spiro atoms. The fraction of sp³-hybridized carbons (Fsp3) is 1.00. The van der Waals surface area contributed by atoms with Crippen molar-refractivity contribution in [2.75, 3.05) is 0 Å². The maximum atomic E-state index is 7.35. The lowest BCUT2D eigenvalue weighted by molar-refractivity contribution is -0.203. The van der Waals surface area contributed by atoms with Crippen LogP contribution < -0.4 is 0 Å². The first-order chi connectivity index (χ1) is 30.5. The fourth-order valence-electron chi connectivity index (χ4n) is 20.0. The van der Waals surface area contributed by atoms with E-state index < -0.39 is 0 Å². The van der Waals surface area contributed by atoms with Gasteiger partial charge in [-0.15, -0.1) is 0 Å². The molecule has 350 valence electrons. The maximum absolute atomic E-state index is 7.35. The Morgan fingerprint density at radius 3 is 1.00 bits per heavy atom. The van der Waals surface area contributed by atoms with Crippen molar-refractivity contribution >= 4 is 0 Å². The number of morpholine rings is 2. The highest BCUT2D eigenvalue weighted by Crippen LogP contribution is 2.61. The third-order valence-corrected chi connectivity index (χ3v) is 22.9. The molecule has 16 atom stereocenters. The average Bonchev–Trinajstić information content (AvgIpc) is 3.33. The highest BCUT2D eigenvalue weighted by molar-refractivity contribution is 5.12. The molecule has 16 unspecified atom stereocenters. The summed E-state index contributed by atoms with van der Waals surface area (Å²) in [6.07, 6.45) is 53.0. The number of rotatable bonds is 5. The van der Waals surface area contributed by atoms with Gasteiger partial charge in [0.1, 0.15) is 0 Å². The molecule has 12 fully saturated rings. The van der Waals surface area contributed by atoms with Crippen LogP contribution in [0.1, 0.15) is 239 Å². The molecule has 0 aromatic heterocycles. The Balaban J connectivity index is 0.762. The molecule has 0 radical (unpaired) electrons. The first-order valence-electron chi connectivity index (χ1n) is 29.1. The Morgan fingerprint density at radius 1 is 0.290 bits per heavy atom. The molecule has 0 amide bonds. The second kappa shape index (κ2) is 18.4. The minimum Gasteiger partial charge on any atom is -0.372 e. The summed E-state index contributed by atoms with van der Waals surface area (Å²) in [5, 5.41) is 0. The Hall–Kier alpha value is -0.200. The number of fused-ring (bicyclic) bond motifs is 6. The lowest BCUT2D eigenvalue weighted by atomic mass is 9.50. The average molecular weight is 854 g/mol. The lowest BCUT2D eigenvalue weighted by Gasteiger charge is -2.66. The van der Waals surface area contributed by atoms with Gasteiger partial charge in [0.25, 0.3) is 0 Å². The first-order valence-corrected chi connectivity index (χ1v) is 29.1. The van der Waals surface area contributed by atoms with Gasteiger partial charge in [0.05, 0.1) is 24.4 Å². The van der Waals surface area contributed by atoms with Crippen LogP contribution in [0.15, 0.2) is 0 Å². The van der Waals surface area contributed by atoms with E-state index in [1.54, 1.807) is 0 Å². The second-order valence-electron chi connectivity index (χ2n) is 25.9. The predicted molar refractivity (Wildman–Crippen MR) is 253 cm³/mol.